The molecular formula is C22H22N4O2S. The van der Waals surface area contributed by atoms with E-state index in [2.05, 4.69) is 28.5 Å². The van der Waals surface area contributed by atoms with Crippen LogP contribution in [0.4, 0.5) is 5.69 Å². The minimum absolute atomic E-state index is 0.0904. The number of pyridine rings is 1. The Labute approximate surface area is 173 Å². The van der Waals surface area contributed by atoms with Crippen molar-refractivity contribution in [1.82, 2.24) is 14.6 Å². The highest BCUT2D eigenvalue weighted by atomic mass is 32.2. The third-order valence-corrected chi connectivity index (χ3v) is 5.70. The largest absolute Gasteiger partial charge is 0.494 e. The van der Waals surface area contributed by atoms with Crippen molar-refractivity contribution in [2.24, 2.45) is 0 Å². The van der Waals surface area contributed by atoms with Crippen LogP contribution in [-0.4, -0.2) is 32.4 Å². The number of fused-ring (bicyclic) bond motifs is 3. The van der Waals surface area contributed by atoms with Crippen LogP contribution in [0.5, 0.6) is 5.75 Å². The zero-order valence-corrected chi connectivity index (χ0v) is 17.4. The summed E-state index contributed by atoms with van der Waals surface area (Å²) in [6, 6.07) is 17.5. The standard InChI is InChI=1S/C22H22N4O2S/c1-4-28-17-11-9-16(10-12-17)23-21(27)15(3)29-22-25-24-20-13-14(2)18-7-5-6-8-19(18)26(20)22/h5-13,15H,4H2,1-3H3,(H,23,27)/t15-/m1/s1. The molecule has 1 atom stereocenters. The lowest BCUT2D eigenvalue weighted by molar-refractivity contribution is -0.115. The number of ether oxygens (including phenoxy) is 1. The molecule has 0 unspecified atom stereocenters. The summed E-state index contributed by atoms with van der Waals surface area (Å²) in [5.74, 6) is 0.692. The van der Waals surface area contributed by atoms with Crippen molar-refractivity contribution in [2.45, 2.75) is 31.2 Å². The Morgan fingerprint density at radius 1 is 1.17 bits per heavy atom. The van der Waals surface area contributed by atoms with Gasteiger partial charge in [0.15, 0.2) is 10.8 Å². The molecule has 4 rings (SSSR count). The summed E-state index contributed by atoms with van der Waals surface area (Å²) in [6.45, 7) is 6.48. The van der Waals surface area contributed by atoms with E-state index in [1.807, 2.05) is 66.8 Å². The molecule has 0 radical (unpaired) electrons. The fraction of sp³-hybridized carbons (Fsp3) is 0.227. The molecule has 148 valence electrons. The number of anilines is 1. The molecule has 1 amide bonds. The van der Waals surface area contributed by atoms with E-state index >= 15 is 0 Å². The molecular weight excluding hydrogens is 384 g/mol. The summed E-state index contributed by atoms with van der Waals surface area (Å²) in [5.41, 5.74) is 3.70. The predicted molar refractivity (Wildman–Crippen MR) is 117 cm³/mol. The molecule has 0 aliphatic heterocycles. The number of nitrogens with zero attached hydrogens (tertiary/aromatic N) is 3. The number of nitrogens with one attached hydrogen (secondary N) is 1. The Hall–Kier alpha value is -3.06. The second-order valence-corrected chi connectivity index (χ2v) is 8.04. The highest BCUT2D eigenvalue weighted by Gasteiger charge is 2.19. The number of hydrogen-bond acceptors (Lipinski definition) is 5. The van der Waals surface area contributed by atoms with Crippen molar-refractivity contribution < 1.29 is 9.53 Å². The minimum atomic E-state index is -0.339. The van der Waals surface area contributed by atoms with E-state index < -0.39 is 0 Å². The highest BCUT2D eigenvalue weighted by molar-refractivity contribution is 8.00. The molecule has 0 aliphatic carbocycles. The Morgan fingerprint density at radius 3 is 2.69 bits per heavy atom. The lowest BCUT2D eigenvalue weighted by atomic mass is 10.1. The van der Waals surface area contributed by atoms with Gasteiger partial charge in [-0.2, -0.15) is 0 Å². The Kier molecular flexibility index (Phi) is 5.40. The molecule has 7 heteroatoms. The first-order valence-corrected chi connectivity index (χ1v) is 10.4. The maximum atomic E-state index is 12.7. The van der Waals surface area contributed by atoms with Crippen LogP contribution in [0.25, 0.3) is 16.6 Å². The van der Waals surface area contributed by atoms with E-state index in [9.17, 15) is 4.79 Å². The van der Waals surface area contributed by atoms with Gasteiger partial charge in [-0.25, -0.2) is 0 Å². The van der Waals surface area contributed by atoms with E-state index in [1.54, 1.807) is 0 Å². The van der Waals surface area contributed by atoms with Crippen molar-refractivity contribution in [2.75, 3.05) is 11.9 Å². The van der Waals surface area contributed by atoms with Crippen molar-refractivity contribution in [3.05, 3.63) is 60.2 Å². The third kappa shape index (κ3) is 3.91. The van der Waals surface area contributed by atoms with Gasteiger partial charge >= 0.3 is 0 Å². The number of hydrogen-bond donors (Lipinski definition) is 1. The van der Waals surface area contributed by atoms with E-state index in [0.29, 0.717) is 11.8 Å². The van der Waals surface area contributed by atoms with Crippen LogP contribution >= 0.6 is 11.8 Å². The van der Waals surface area contributed by atoms with Crippen LogP contribution in [0.2, 0.25) is 0 Å². The lowest BCUT2D eigenvalue weighted by Gasteiger charge is -2.12. The summed E-state index contributed by atoms with van der Waals surface area (Å²) < 4.78 is 7.44. The van der Waals surface area contributed by atoms with E-state index in [1.165, 1.54) is 11.8 Å². The second kappa shape index (κ2) is 8.13. The smallest absolute Gasteiger partial charge is 0.237 e. The molecule has 0 aliphatic rings. The minimum Gasteiger partial charge on any atom is -0.494 e. The topological polar surface area (TPSA) is 68.5 Å². The monoisotopic (exact) mass is 406 g/mol. The molecule has 4 aromatic rings. The van der Waals surface area contributed by atoms with Crippen LogP contribution in [0.1, 0.15) is 19.4 Å². The Morgan fingerprint density at radius 2 is 1.93 bits per heavy atom. The molecule has 1 N–H and O–H groups in total. The second-order valence-electron chi connectivity index (χ2n) is 6.73. The van der Waals surface area contributed by atoms with Gasteiger partial charge in [-0.15, -0.1) is 10.2 Å². The zero-order valence-electron chi connectivity index (χ0n) is 16.5. The van der Waals surface area contributed by atoms with Crippen LogP contribution in [-0.2, 0) is 4.79 Å². The maximum absolute atomic E-state index is 12.7. The van der Waals surface area contributed by atoms with Gasteiger partial charge in [0, 0.05) is 11.1 Å². The van der Waals surface area contributed by atoms with Gasteiger partial charge in [-0.05, 0) is 62.7 Å². The van der Waals surface area contributed by atoms with Gasteiger partial charge in [0.1, 0.15) is 5.75 Å². The molecule has 2 heterocycles. The van der Waals surface area contributed by atoms with Gasteiger partial charge in [-0.3, -0.25) is 9.20 Å². The fourth-order valence-corrected chi connectivity index (χ4v) is 4.08. The number of para-hydroxylation sites is 1. The van der Waals surface area contributed by atoms with Gasteiger partial charge in [0.25, 0.3) is 0 Å². The summed E-state index contributed by atoms with van der Waals surface area (Å²) in [6.07, 6.45) is 0. The summed E-state index contributed by atoms with van der Waals surface area (Å²) in [5, 5.41) is 13.1. The molecule has 0 spiro atoms. The SMILES string of the molecule is CCOc1ccc(NC(=O)[C@@H](C)Sc2nnc3cc(C)c4ccccc4n23)cc1. The van der Waals surface area contributed by atoms with E-state index in [0.717, 1.165) is 33.6 Å². The zero-order chi connectivity index (χ0) is 20.4. The number of amides is 1. The normalized spacial score (nSPS) is 12.2. The summed E-state index contributed by atoms with van der Waals surface area (Å²) >= 11 is 1.39. The van der Waals surface area contributed by atoms with Gasteiger partial charge < -0.3 is 10.1 Å². The van der Waals surface area contributed by atoms with Crippen molar-refractivity contribution in [3.63, 3.8) is 0 Å². The van der Waals surface area contributed by atoms with Crippen LogP contribution in [0.15, 0.2) is 59.8 Å². The molecule has 0 fully saturated rings. The summed E-state index contributed by atoms with van der Waals surface area (Å²) in [7, 11) is 0. The van der Waals surface area contributed by atoms with Crippen molar-refractivity contribution in [1.29, 1.82) is 0 Å². The lowest BCUT2D eigenvalue weighted by Crippen LogP contribution is -2.22. The molecule has 0 saturated heterocycles. The number of aryl methyl sites for hydroxylation is 1. The quantitative estimate of drug-likeness (QED) is 0.470. The first-order chi connectivity index (χ1) is 14.1. The van der Waals surface area contributed by atoms with Crippen molar-refractivity contribution in [3.8, 4) is 5.75 Å². The maximum Gasteiger partial charge on any atom is 0.237 e. The van der Waals surface area contributed by atoms with Crippen molar-refractivity contribution >= 4 is 39.9 Å². The highest BCUT2D eigenvalue weighted by Crippen LogP contribution is 2.28. The molecule has 0 bridgehead atoms. The van der Waals surface area contributed by atoms with Crippen LogP contribution in [0, 0.1) is 6.92 Å². The number of carbonyl (C=O) groups excluding carboxylic acids is 1. The first kappa shape index (κ1) is 19.3. The average Bonchev–Trinajstić information content (AvgIpc) is 3.12. The van der Waals surface area contributed by atoms with Crippen LogP contribution < -0.4 is 10.1 Å². The van der Waals surface area contributed by atoms with Crippen LogP contribution in [0.3, 0.4) is 0 Å². The van der Waals surface area contributed by atoms with Gasteiger partial charge in [0.2, 0.25) is 5.91 Å². The van der Waals surface area contributed by atoms with Gasteiger partial charge in [0.05, 0.1) is 17.4 Å². The number of rotatable bonds is 6. The molecule has 29 heavy (non-hydrogen) atoms. The number of aromatic nitrogens is 3. The molecule has 2 aromatic heterocycles. The van der Waals surface area contributed by atoms with Gasteiger partial charge in [-0.1, -0.05) is 30.0 Å². The Bertz CT molecular complexity index is 1170. The fourth-order valence-electron chi connectivity index (χ4n) is 3.21. The number of thioether (sulfide) groups is 1. The molecule has 0 saturated carbocycles. The Balaban J connectivity index is 1.55. The number of benzene rings is 2. The average molecular weight is 407 g/mol. The third-order valence-electron chi connectivity index (χ3n) is 4.66. The number of carbonyl (C=O) groups is 1. The molecule has 6 nitrogen and oxygen atoms in total. The predicted octanol–water partition coefficient (Wildman–Crippen LogP) is 4.71. The molecule has 2 aromatic carbocycles. The van der Waals surface area contributed by atoms with E-state index in [-0.39, 0.29) is 11.2 Å². The summed E-state index contributed by atoms with van der Waals surface area (Å²) in [4.78, 5) is 12.7. The first-order valence-electron chi connectivity index (χ1n) is 9.50. The van der Waals surface area contributed by atoms with E-state index in [4.69, 9.17) is 4.74 Å².